The SMILES string of the molecule is CCCn1nc(C(=O)N/N=C\c2cccc3ccccc23)c2ccccc2c1=O. The molecule has 0 saturated heterocycles. The van der Waals surface area contributed by atoms with Gasteiger partial charge < -0.3 is 0 Å². The lowest BCUT2D eigenvalue weighted by molar-refractivity contribution is 0.0949. The number of aromatic nitrogens is 2. The summed E-state index contributed by atoms with van der Waals surface area (Å²) in [7, 11) is 0. The van der Waals surface area contributed by atoms with Gasteiger partial charge in [0, 0.05) is 17.5 Å². The number of hydrazone groups is 1. The Balaban J connectivity index is 1.66. The molecule has 0 aliphatic carbocycles. The fourth-order valence-corrected chi connectivity index (χ4v) is 3.34. The molecule has 0 aliphatic heterocycles. The van der Waals surface area contributed by atoms with Gasteiger partial charge in [0.15, 0.2) is 5.69 Å². The maximum absolute atomic E-state index is 12.8. The summed E-state index contributed by atoms with van der Waals surface area (Å²) in [6, 6.07) is 20.9. The Kier molecular flexibility index (Phi) is 5.16. The highest BCUT2D eigenvalue weighted by Gasteiger charge is 2.16. The van der Waals surface area contributed by atoms with Crippen molar-refractivity contribution in [1.82, 2.24) is 15.2 Å². The molecule has 3 aromatic carbocycles. The molecule has 0 saturated carbocycles. The number of hydrogen-bond acceptors (Lipinski definition) is 4. The van der Waals surface area contributed by atoms with Gasteiger partial charge in [0.05, 0.1) is 11.6 Å². The molecule has 6 nitrogen and oxygen atoms in total. The lowest BCUT2D eigenvalue weighted by Gasteiger charge is -2.09. The van der Waals surface area contributed by atoms with E-state index < -0.39 is 5.91 Å². The van der Waals surface area contributed by atoms with Gasteiger partial charge in [-0.1, -0.05) is 67.6 Å². The topological polar surface area (TPSA) is 76.3 Å². The number of rotatable bonds is 5. The zero-order valence-electron chi connectivity index (χ0n) is 16.0. The molecule has 0 atom stereocenters. The van der Waals surface area contributed by atoms with Crippen LogP contribution in [0.2, 0.25) is 0 Å². The van der Waals surface area contributed by atoms with Crippen LogP contribution in [0.15, 0.2) is 76.6 Å². The van der Waals surface area contributed by atoms with Crippen LogP contribution in [0, 0.1) is 0 Å². The van der Waals surface area contributed by atoms with Crippen molar-refractivity contribution in [2.45, 2.75) is 19.9 Å². The minimum absolute atomic E-state index is 0.184. The van der Waals surface area contributed by atoms with E-state index in [4.69, 9.17) is 0 Å². The third-order valence-corrected chi connectivity index (χ3v) is 4.71. The molecular weight excluding hydrogens is 364 g/mol. The van der Waals surface area contributed by atoms with Crippen LogP contribution in [-0.2, 0) is 6.54 Å². The largest absolute Gasteiger partial charge is 0.292 e. The van der Waals surface area contributed by atoms with E-state index in [-0.39, 0.29) is 11.3 Å². The fraction of sp³-hybridized carbons (Fsp3) is 0.130. The van der Waals surface area contributed by atoms with Crippen LogP contribution in [0.4, 0.5) is 0 Å². The van der Waals surface area contributed by atoms with Crippen molar-refractivity contribution in [3.8, 4) is 0 Å². The Morgan fingerprint density at radius 1 is 1.00 bits per heavy atom. The number of amides is 1. The van der Waals surface area contributed by atoms with Crippen molar-refractivity contribution in [3.05, 3.63) is 88.3 Å². The third kappa shape index (κ3) is 3.65. The van der Waals surface area contributed by atoms with E-state index in [1.807, 2.05) is 49.4 Å². The first kappa shape index (κ1) is 18.6. The first-order valence-electron chi connectivity index (χ1n) is 9.50. The van der Waals surface area contributed by atoms with Gasteiger partial charge in [0.25, 0.3) is 11.5 Å². The summed E-state index contributed by atoms with van der Waals surface area (Å²) in [6.45, 7) is 2.40. The standard InChI is InChI=1S/C23H20N4O2/c1-2-14-27-23(29)20-13-6-5-12-19(20)21(26-27)22(28)25-24-15-17-10-7-9-16-8-3-4-11-18(16)17/h3-13,15H,2,14H2,1H3,(H,25,28)/b24-15-. The second-order valence-electron chi connectivity index (χ2n) is 6.69. The highest BCUT2D eigenvalue weighted by atomic mass is 16.2. The van der Waals surface area contributed by atoms with Crippen molar-refractivity contribution >= 4 is 33.7 Å². The van der Waals surface area contributed by atoms with E-state index >= 15 is 0 Å². The van der Waals surface area contributed by atoms with Gasteiger partial charge in [0.2, 0.25) is 0 Å². The number of benzene rings is 3. The van der Waals surface area contributed by atoms with Crippen LogP contribution in [0.3, 0.4) is 0 Å². The Labute approximate surface area is 167 Å². The predicted octanol–water partition coefficient (Wildman–Crippen LogP) is 3.72. The smallest absolute Gasteiger partial charge is 0.267 e. The van der Waals surface area contributed by atoms with Crippen LogP contribution >= 0.6 is 0 Å². The van der Waals surface area contributed by atoms with Crippen LogP contribution < -0.4 is 11.0 Å². The number of fused-ring (bicyclic) bond motifs is 2. The molecule has 0 bridgehead atoms. The van der Waals surface area contributed by atoms with Crippen molar-refractivity contribution in [2.24, 2.45) is 5.10 Å². The average Bonchev–Trinajstić information content (AvgIpc) is 2.76. The Bertz CT molecular complexity index is 1290. The number of carbonyl (C=O) groups excluding carboxylic acids is 1. The van der Waals surface area contributed by atoms with Crippen molar-refractivity contribution in [1.29, 1.82) is 0 Å². The molecule has 6 heteroatoms. The van der Waals surface area contributed by atoms with Crippen LogP contribution in [0.25, 0.3) is 21.5 Å². The second-order valence-corrected chi connectivity index (χ2v) is 6.69. The summed E-state index contributed by atoms with van der Waals surface area (Å²) in [6.07, 6.45) is 2.36. The zero-order chi connectivity index (χ0) is 20.2. The van der Waals surface area contributed by atoms with Crippen LogP contribution in [-0.4, -0.2) is 21.9 Å². The summed E-state index contributed by atoms with van der Waals surface area (Å²) in [5.74, 6) is -0.456. The quantitative estimate of drug-likeness (QED) is 0.421. The first-order chi connectivity index (χ1) is 14.2. The highest BCUT2D eigenvalue weighted by molar-refractivity contribution is 6.05. The first-order valence-corrected chi connectivity index (χ1v) is 9.50. The van der Waals surface area contributed by atoms with Gasteiger partial charge in [-0.3, -0.25) is 9.59 Å². The molecule has 1 heterocycles. The van der Waals surface area contributed by atoms with Crippen molar-refractivity contribution < 1.29 is 4.79 Å². The number of aryl methyl sites for hydroxylation is 1. The normalized spacial score (nSPS) is 11.3. The van der Waals surface area contributed by atoms with E-state index in [9.17, 15) is 9.59 Å². The van der Waals surface area contributed by atoms with E-state index in [1.165, 1.54) is 4.68 Å². The molecule has 4 aromatic rings. The molecule has 0 radical (unpaired) electrons. The summed E-state index contributed by atoms with van der Waals surface area (Å²) >= 11 is 0. The fourth-order valence-electron chi connectivity index (χ4n) is 3.34. The Hall–Kier alpha value is -3.80. The maximum atomic E-state index is 12.8. The van der Waals surface area contributed by atoms with Crippen molar-refractivity contribution in [2.75, 3.05) is 0 Å². The van der Waals surface area contributed by atoms with E-state index in [0.717, 1.165) is 22.8 Å². The monoisotopic (exact) mass is 384 g/mol. The van der Waals surface area contributed by atoms with E-state index in [0.29, 0.717) is 17.3 Å². The lowest BCUT2D eigenvalue weighted by Crippen LogP contribution is -2.29. The second kappa shape index (κ2) is 8.06. The minimum Gasteiger partial charge on any atom is -0.267 e. The molecule has 0 fully saturated rings. The zero-order valence-corrected chi connectivity index (χ0v) is 16.0. The molecule has 1 N–H and O–H groups in total. The summed E-state index contributed by atoms with van der Waals surface area (Å²) < 4.78 is 1.34. The molecule has 0 unspecified atom stereocenters. The summed E-state index contributed by atoms with van der Waals surface area (Å²) in [4.78, 5) is 25.3. The Morgan fingerprint density at radius 2 is 1.69 bits per heavy atom. The molecule has 0 aliphatic rings. The number of nitrogens with zero attached hydrogens (tertiary/aromatic N) is 3. The van der Waals surface area contributed by atoms with E-state index in [2.05, 4.69) is 15.6 Å². The van der Waals surface area contributed by atoms with Gasteiger partial charge in [-0.15, -0.1) is 0 Å². The number of hydrogen-bond donors (Lipinski definition) is 1. The predicted molar refractivity (Wildman–Crippen MR) is 115 cm³/mol. The van der Waals surface area contributed by atoms with Crippen LogP contribution in [0.5, 0.6) is 0 Å². The minimum atomic E-state index is -0.456. The highest BCUT2D eigenvalue weighted by Crippen LogP contribution is 2.17. The van der Waals surface area contributed by atoms with Gasteiger partial charge >= 0.3 is 0 Å². The van der Waals surface area contributed by atoms with E-state index in [1.54, 1.807) is 30.5 Å². The lowest BCUT2D eigenvalue weighted by atomic mass is 10.1. The molecule has 1 amide bonds. The summed E-state index contributed by atoms with van der Waals surface area (Å²) in [5, 5.41) is 11.5. The van der Waals surface area contributed by atoms with Gasteiger partial charge in [-0.2, -0.15) is 10.2 Å². The molecule has 0 spiro atoms. The number of nitrogens with one attached hydrogen (secondary N) is 1. The van der Waals surface area contributed by atoms with Crippen LogP contribution in [0.1, 0.15) is 29.4 Å². The molecule has 1 aromatic heterocycles. The number of carbonyl (C=O) groups is 1. The van der Waals surface area contributed by atoms with Gasteiger partial charge in [-0.05, 0) is 23.3 Å². The van der Waals surface area contributed by atoms with Gasteiger partial charge in [-0.25, -0.2) is 10.1 Å². The molecule has 29 heavy (non-hydrogen) atoms. The maximum Gasteiger partial charge on any atom is 0.292 e. The van der Waals surface area contributed by atoms with Crippen molar-refractivity contribution in [3.63, 3.8) is 0 Å². The Morgan fingerprint density at radius 3 is 2.48 bits per heavy atom. The molecular formula is C23H20N4O2. The summed E-state index contributed by atoms with van der Waals surface area (Å²) in [5.41, 5.74) is 3.43. The average molecular weight is 384 g/mol. The van der Waals surface area contributed by atoms with Gasteiger partial charge in [0.1, 0.15) is 0 Å². The molecule has 144 valence electrons. The molecule has 4 rings (SSSR count). The third-order valence-electron chi connectivity index (χ3n) is 4.71.